The zero-order valence-corrected chi connectivity index (χ0v) is 10.9. The van der Waals surface area contributed by atoms with Crippen LogP contribution in [-0.2, 0) is 14.6 Å². The standard InChI is InChI=1S/C11H17N3O3S/c12-7-9(10(13)8-1-2-8)11(15)14-3-5-18(16,17)6-4-14/h7-8,13H,1-6,12H2/b9-7+,13-10?. The minimum absolute atomic E-state index is 0.00659. The number of carbonyl (C=O) groups excluding carboxylic acids is 1. The van der Waals surface area contributed by atoms with Gasteiger partial charge >= 0.3 is 0 Å². The second-order valence-electron chi connectivity index (χ2n) is 4.71. The van der Waals surface area contributed by atoms with Crippen molar-refractivity contribution in [1.82, 2.24) is 4.90 Å². The molecular formula is C11H17N3O3S. The fourth-order valence-corrected chi connectivity index (χ4v) is 3.16. The van der Waals surface area contributed by atoms with Crippen LogP contribution in [0.1, 0.15) is 12.8 Å². The molecule has 2 rings (SSSR count). The maximum Gasteiger partial charge on any atom is 0.257 e. The predicted molar refractivity (Wildman–Crippen MR) is 68.0 cm³/mol. The van der Waals surface area contributed by atoms with Crippen LogP contribution in [-0.4, -0.2) is 49.5 Å². The summed E-state index contributed by atoms with van der Waals surface area (Å²) in [6.07, 6.45) is 3.03. The summed E-state index contributed by atoms with van der Waals surface area (Å²) in [6.45, 7) is 0.382. The SMILES string of the molecule is N=C(/C(=C\N)C(=O)N1CCS(=O)(=O)CC1)C1CC1. The van der Waals surface area contributed by atoms with E-state index in [0.29, 0.717) is 0 Å². The second-order valence-corrected chi connectivity index (χ2v) is 7.02. The van der Waals surface area contributed by atoms with Crippen molar-refractivity contribution in [1.29, 1.82) is 5.41 Å². The molecule has 0 unspecified atom stereocenters. The third-order valence-electron chi connectivity index (χ3n) is 3.30. The zero-order valence-electron chi connectivity index (χ0n) is 10.1. The van der Waals surface area contributed by atoms with E-state index in [-0.39, 0.29) is 47.7 Å². The maximum absolute atomic E-state index is 12.2. The van der Waals surface area contributed by atoms with Crippen LogP contribution in [0.3, 0.4) is 0 Å². The number of nitrogens with two attached hydrogens (primary N) is 1. The third-order valence-corrected chi connectivity index (χ3v) is 4.91. The molecule has 100 valence electrons. The van der Waals surface area contributed by atoms with E-state index in [4.69, 9.17) is 11.1 Å². The number of rotatable bonds is 3. The van der Waals surface area contributed by atoms with Gasteiger partial charge < -0.3 is 16.0 Å². The fraction of sp³-hybridized carbons (Fsp3) is 0.636. The summed E-state index contributed by atoms with van der Waals surface area (Å²) in [5.74, 6) is -0.178. The van der Waals surface area contributed by atoms with Crippen molar-refractivity contribution >= 4 is 21.5 Å². The molecule has 0 atom stereocenters. The lowest BCUT2D eigenvalue weighted by Gasteiger charge is -2.27. The Hall–Kier alpha value is -1.37. The van der Waals surface area contributed by atoms with Gasteiger partial charge in [-0.05, 0) is 12.8 Å². The van der Waals surface area contributed by atoms with Crippen molar-refractivity contribution < 1.29 is 13.2 Å². The molecule has 18 heavy (non-hydrogen) atoms. The summed E-state index contributed by atoms with van der Waals surface area (Å²) < 4.78 is 22.6. The lowest BCUT2D eigenvalue weighted by molar-refractivity contribution is -0.126. The molecule has 1 aliphatic heterocycles. The van der Waals surface area contributed by atoms with Crippen molar-refractivity contribution in [2.45, 2.75) is 12.8 Å². The highest BCUT2D eigenvalue weighted by Crippen LogP contribution is 2.32. The van der Waals surface area contributed by atoms with Crippen LogP contribution in [0.15, 0.2) is 11.8 Å². The monoisotopic (exact) mass is 271 g/mol. The highest BCUT2D eigenvalue weighted by molar-refractivity contribution is 7.91. The van der Waals surface area contributed by atoms with Crippen LogP contribution in [0.2, 0.25) is 0 Å². The Balaban J connectivity index is 2.04. The van der Waals surface area contributed by atoms with Gasteiger partial charge in [0.15, 0.2) is 9.84 Å². The average Bonchev–Trinajstić information content (AvgIpc) is 3.13. The first-order chi connectivity index (χ1) is 8.44. The molecule has 0 aromatic heterocycles. The Kier molecular flexibility index (Phi) is 3.43. The highest BCUT2D eigenvalue weighted by atomic mass is 32.2. The van der Waals surface area contributed by atoms with Crippen LogP contribution in [0.25, 0.3) is 0 Å². The molecule has 1 saturated carbocycles. The first-order valence-electron chi connectivity index (χ1n) is 5.95. The quantitative estimate of drug-likeness (QED) is 0.534. The Bertz CT molecular complexity index is 492. The number of nitrogens with zero attached hydrogens (tertiary/aromatic N) is 1. The molecule has 1 amide bonds. The van der Waals surface area contributed by atoms with Crippen LogP contribution in [0, 0.1) is 11.3 Å². The molecule has 1 saturated heterocycles. The molecule has 7 heteroatoms. The number of nitrogens with one attached hydrogen (secondary N) is 1. The number of amides is 1. The summed E-state index contributed by atoms with van der Waals surface area (Å²) in [5, 5.41) is 7.88. The number of carbonyl (C=O) groups is 1. The molecule has 0 radical (unpaired) electrons. The molecule has 2 fully saturated rings. The van der Waals surface area contributed by atoms with Gasteiger partial charge in [0.25, 0.3) is 5.91 Å². The van der Waals surface area contributed by atoms with Crippen LogP contribution < -0.4 is 5.73 Å². The fourth-order valence-electron chi connectivity index (χ4n) is 1.95. The molecule has 1 heterocycles. The molecule has 0 spiro atoms. The van der Waals surface area contributed by atoms with E-state index in [1.165, 1.54) is 11.1 Å². The van der Waals surface area contributed by atoms with Gasteiger partial charge in [0.1, 0.15) is 0 Å². The van der Waals surface area contributed by atoms with E-state index >= 15 is 0 Å². The van der Waals surface area contributed by atoms with Gasteiger partial charge in [-0.15, -0.1) is 0 Å². The van der Waals surface area contributed by atoms with Crippen molar-refractivity contribution in [2.75, 3.05) is 24.6 Å². The van der Waals surface area contributed by atoms with Crippen molar-refractivity contribution in [3.63, 3.8) is 0 Å². The summed E-state index contributed by atoms with van der Waals surface area (Å²) in [5.41, 5.74) is 5.94. The summed E-state index contributed by atoms with van der Waals surface area (Å²) in [7, 11) is -3.00. The molecule has 1 aliphatic carbocycles. The topological polar surface area (TPSA) is 104 Å². The number of hydrogen-bond donors (Lipinski definition) is 2. The van der Waals surface area contributed by atoms with Gasteiger partial charge in [-0.2, -0.15) is 0 Å². The van der Waals surface area contributed by atoms with E-state index < -0.39 is 9.84 Å². The van der Waals surface area contributed by atoms with E-state index in [2.05, 4.69) is 0 Å². The van der Waals surface area contributed by atoms with Crippen LogP contribution >= 0.6 is 0 Å². The van der Waals surface area contributed by atoms with Gasteiger partial charge in [0.05, 0.1) is 17.1 Å². The number of sulfone groups is 1. The Morgan fingerprint density at radius 3 is 2.28 bits per heavy atom. The Labute approximate surface area is 106 Å². The average molecular weight is 271 g/mol. The van der Waals surface area contributed by atoms with Gasteiger partial charge in [0.2, 0.25) is 0 Å². The first kappa shape index (κ1) is 13.1. The maximum atomic E-state index is 12.2. The van der Waals surface area contributed by atoms with Crippen molar-refractivity contribution in [3.05, 3.63) is 11.8 Å². The summed E-state index contributed by atoms with van der Waals surface area (Å²) in [4.78, 5) is 13.6. The Morgan fingerprint density at radius 2 is 1.83 bits per heavy atom. The summed E-state index contributed by atoms with van der Waals surface area (Å²) >= 11 is 0. The molecule has 0 aromatic rings. The van der Waals surface area contributed by atoms with E-state index in [9.17, 15) is 13.2 Å². The molecule has 2 aliphatic rings. The predicted octanol–water partition coefficient (Wildman–Crippen LogP) is -0.484. The minimum Gasteiger partial charge on any atom is -0.404 e. The van der Waals surface area contributed by atoms with Crippen LogP contribution in [0.5, 0.6) is 0 Å². The first-order valence-corrected chi connectivity index (χ1v) is 7.77. The van der Waals surface area contributed by atoms with E-state index in [1.807, 2.05) is 0 Å². The largest absolute Gasteiger partial charge is 0.404 e. The van der Waals surface area contributed by atoms with Gasteiger partial charge in [0, 0.05) is 30.9 Å². The van der Waals surface area contributed by atoms with E-state index in [1.54, 1.807) is 0 Å². The molecule has 0 aromatic carbocycles. The number of hydrogen-bond acceptors (Lipinski definition) is 5. The second kappa shape index (κ2) is 4.72. The summed E-state index contributed by atoms with van der Waals surface area (Å²) in [6, 6.07) is 0. The Morgan fingerprint density at radius 1 is 1.28 bits per heavy atom. The van der Waals surface area contributed by atoms with E-state index in [0.717, 1.165) is 12.8 Å². The van der Waals surface area contributed by atoms with Gasteiger partial charge in [-0.1, -0.05) is 0 Å². The third kappa shape index (κ3) is 2.72. The molecule has 0 bridgehead atoms. The highest BCUT2D eigenvalue weighted by Gasteiger charge is 2.34. The lowest BCUT2D eigenvalue weighted by atomic mass is 10.1. The van der Waals surface area contributed by atoms with Crippen molar-refractivity contribution in [3.8, 4) is 0 Å². The smallest absolute Gasteiger partial charge is 0.257 e. The molecular weight excluding hydrogens is 254 g/mol. The van der Waals surface area contributed by atoms with Crippen molar-refractivity contribution in [2.24, 2.45) is 11.7 Å². The van der Waals surface area contributed by atoms with Gasteiger partial charge in [-0.3, -0.25) is 4.79 Å². The molecule has 6 nitrogen and oxygen atoms in total. The minimum atomic E-state index is -3.00. The normalized spacial score (nSPS) is 23.8. The lowest BCUT2D eigenvalue weighted by Crippen LogP contribution is -2.45. The molecule has 3 N–H and O–H groups in total. The van der Waals surface area contributed by atoms with Crippen LogP contribution in [0.4, 0.5) is 0 Å². The zero-order chi connectivity index (χ0) is 13.3. The van der Waals surface area contributed by atoms with Gasteiger partial charge in [-0.25, -0.2) is 8.42 Å².